The van der Waals surface area contributed by atoms with Crippen molar-refractivity contribution in [3.63, 3.8) is 0 Å². The quantitative estimate of drug-likeness (QED) is 0.304. The lowest BCUT2D eigenvalue weighted by Crippen LogP contribution is -2.57. The zero-order valence-electron chi connectivity index (χ0n) is 20.3. The van der Waals surface area contributed by atoms with E-state index < -0.39 is 37.0 Å². The predicted octanol–water partition coefficient (Wildman–Crippen LogP) is 0.233. The monoisotopic (exact) mass is 491 g/mol. The minimum absolute atomic E-state index is 0.224. The molecule has 3 atom stereocenters. The second-order valence-electron chi connectivity index (χ2n) is 9.33. The van der Waals surface area contributed by atoms with E-state index in [1.165, 1.54) is 5.57 Å². The Balaban J connectivity index is 1.60. The molecule has 2 heterocycles. The summed E-state index contributed by atoms with van der Waals surface area (Å²) in [5.41, 5.74) is 1.29. The minimum atomic E-state index is -1.76. The minimum Gasteiger partial charge on any atom is -0.426 e. The molecule has 4 N–H and O–H groups in total. The lowest BCUT2D eigenvalue weighted by Gasteiger charge is -2.30. The van der Waals surface area contributed by atoms with Crippen molar-refractivity contribution in [3.05, 3.63) is 23.8 Å². The molecular formula is C24H38BN3O7. The maximum atomic E-state index is 13.2. The third kappa shape index (κ3) is 9.07. The second kappa shape index (κ2) is 14.4. The van der Waals surface area contributed by atoms with Crippen LogP contribution in [0, 0.1) is 0 Å². The maximum Gasteiger partial charge on any atom is 0.475 e. The van der Waals surface area contributed by atoms with Crippen molar-refractivity contribution in [2.24, 2.45) is 0 Å². The van der Waals surface area contributed by atoms with Crippen molar-refractivity contribution in [1.29, 1.82) is 0 Å². The largest absolute Gasteiger partial charge is 0.475 e. The third-order valence-corrected chi connectivity index (χ3v) is 6.65. The smallest absolute Gasteiger partial charge is 0.426 e. The average molecular weight is 491 g/mol. The number of nitrogens with one attached hydrogen (secondary N) is 2. The van der Waals surface area contributed by atoms with Crippen LogP contribution in [0.25, 0.3) is 0 Å². The summed E-state index contributed by atoms with van der Waals surface area (Å²) < 4.78 is 10.8. The van der Waals surface area contributed by atoms with Crippen LogP contribution in [-0.2, 0) is 23.9 Å². The van der Waals surface area contributed by atoms with Gasteiger partial charge in [-0.1, -0.05) is 23.8 Å². The van der Waals surface area contributed by atoms with E-state index in [9.17, 15) is 24.4 Å². The van der Waals surface area contributed by atoms with Crippen molar-refractivity contribution in [1.82, 2.24) is 15.5 Å². The van der Waals surface area contributed by atoms with Gasteiger partial charge < -0.3 is 35.1 Å². The first-order valence-electron chi connectivity index (χ1n) is 12.7. The Hall–Kier alpha value is -2.21. The molecule has 1 unspecified atom stereocenters. The number of hydrogen-bond acceptors (Lipinski definition) is 7. The number of ether oxygens (including phenoxy) is 2. The maximum absolute atomic E-state index is 13.2. The molecule has 2 saturated heterocycles. The highest BCUT2D eigenvalue weighted by Gasteiger charge is 2.33. The highest BCUT2D eigenvalue weighted by molar-refractivity contribution is 6.43. The van der Waals surface area contributed by atoms with Gasteiger partial charge in [-0.15, -0.1) is 0 Å². The van der Waals surface area contributed by atoms with Gasteiger partial charge in [0.15, 0.2) is 0 Å². The van der Waals surface area contributed by atoms with Gasteiger partial charge in [-0.3, -0.25) is 14.4 Å². The molecule has 35 heavy (non-hydrogen) atoms. The number of amides is 3. The summed E-state index contributed by atoms with van der Waals surface area (Å²) in [6.45, 7) is 2.18. The van der Waals surface area contributed by atoms with Gasteiger partial charge in [-0.2, -0.15) is 0 Å². The number of carbonyl (C=O) groups excluding carboxylic acids is 3. The van der Waals surface area contributed by atoms with E-state index in [4.69, 9.17) is 9.47 Å². The van der Waals surface area contributed by atoms with Crippen LogP contribution < -0.4 is 10.6 Å². The normalized spacial score (nSPS) is 22.1. The average Bonchev–Trinajstić information content (AvgIpc) is 2.89. The summed E-state index contributed by atoms with van der Waals surface area (Å²) >= 11 is 0. The fraction of sp³-hybridized carbons (Fsp3) is 0.708. The number of rotatable bonds is 11. The van der Waals surface area contributed by atoms with Crippen LogP contribution in [0.4, 0.5) is 0 Å². The molecule has 0 aromatic rings. The van der Waals surface area contributed by atoms with Crippen molar-refractivity contribution in [2.45, 2.75) is 75.9 Å². The third-order valence-electron chi connectivity index (χ3n) is 6.65. The van der Waals surface area contributed by atoms with Crippen LogP contribution in [0.15, 0.2) is 23.8 Å². The number of carbonyl (C=O) groups is 3. The summed E-state index contributed by atoms with van der Waals surface area (Å²) in [5, 5.41) is 25.1. The Morgan fingerprint density at radius 3 is 2.60 bits per heavy atom. The fourth-order valence-electron chi connectivity index (χ4n) is 4.53. The molecule has 2 fully saturated rings. The first-order chi connectivity index (χ1) is 16.9. The van der Waals surface area contributed by atoms with Gasteiger partial charge in [-0.05, 0) is 51.4 Å². The number of morpholine rings is 1. The van der Waals surface area contributed by atoms with Gasteiger partial charge in [0.25, 0.3) is 0 Å². The standard InChI is InChI=1S/C24H38BN3O7/c29-22(28-12-15-34-16-13-28)17-19(26-24(31)20-10-4-5-14-35-20)23(30)27-21(25(32)33)11-6-9-18-7-2-1-3-8-18/h1-2,7,19-21,32-33H,3-6,8-17H2,(H,26,31)(H,27,30)/t19-,20?,21+/m1/s1. The summed E-state index contributed by atoms with van der Waals surface area (Å²) in [6.07, 6.45) is 11.4. The number of nitrogens with zero attached hydrogens (tertiary/aromatic N) is 1. The molecule has 1 aliphatic carbocycles. The molecule has 0 radical (unpaired) electrons. The van der Waals surface area contributed by atoms with Crippen LogP contribution >= 0.6 is 0 Å². The lowest BCUT2D eigenvalue weighted by molar-refractivity contribution is -0.142. The Morgan fingerprint density at radius 1 is 1.14 bits per heavy atom. The number of allylic oxidation sites excluding steroid dienone is 4. The van der Waals surface area contributed by atoms with Gasteiger partial charge in [0, 0.05) is 19.7 Å². The summed E-state index contributed by atoms with van der Waals surface area (Å²) in [6, 6.07) is -1.14. The zero-order valence-corrected chi connectivity index (χ0v) is 20.3. The predicted molar refractivity (Wildman–Crippen MR) is 130 cm³/mol. The van der Waals surface area contributed by atoms with E-state index in [2.05, 4.69) is 22.8 Å². The zero-order chi connectivity index (χ0) is 25.0. The Morgan fingerprint density at radius 2 is 1.94 bits per heavy atom. The van der Waals surface area contributed by atoms with E-state index in [0.29, 0.717) is 52.2 Å². The van der Waals surface area contributed by atoms with Gasteiger partial charge in [0.1, 0.15) is 12.1 Å². The van der Waals surface area contributed by atoms with E-state index in [0.717, 1.165) is 32.1 Å². The van der Waals surface area contributed by atoms with Crippen LogP contribution in [0.2, 0.25) is 0 Å². The first-order valence-corrected chi connectivity index (χ1v) is 12.7. The van der Waals surface area contributed by atoms with Crippen LogP contribution in [-0.4, -0.2) is 90.8 Å². The molecule has 3 amide bonds. The molecule has 3 aliphatic rings. The molecule has 11 heteroatoms. The summed E-state index contributed by atoms with van der Waals surface area (Å²) in [5.74, 6) is -2.23. The molecule has 194 valence electrons. The molecule has 0 bridgehead atoms. The highest BCUT2D eigenvalue weighted by Crippen LogP contribution is 2.19. The Bertz CT molecular complexity index is 745. The molecule has 3 rings (SSSR count). The topological polar surface area (TPSA) is 137 Å². The molecular weight excluding hydrogens is 453 g/mol. The molecule has 0 aromatic heterocycles. The molecule has 0 spiro atoms. The van der Waals surface area contributed by atoms with Gasteiger partial charge in [-0.25, -0.2) is 0 Å². The van der Waals surface area contributed by atoms with Crippen LogP contribution in [0.1, 0.15) is 57.8 Å². The van der Waals surface area contributed by atoms with Crippen molar-refractivity contribution < 1.29 is 33.9 Å². The van der Waals surface area contributed by atoms with Gasteiger partial charge >= 0.3 is 7.12 Å². The molecule has 0 saturated carbocycles. The van der Waals surface area contributed by atoms with Crippen molar-refractivity contribution in [3.8, 4) is 0 Å². The van der Waals surface area contributed by atoms with E-state index >= 15 is 0 Å². The fourth-order valence-corrected chi connectivity index (χ4v) is 4.53. The second-order valence-corrected chi connectivity index (χ2v) is 9.33. The van der Waals surface area contributed by atoms with E-state index in [-0.39, 0.29) is 12.3 Å². The summed E-state index contributed by atoms with van der Waals surface area (Å²) in [4.78, 5) is 40.4. The van der Waals surface area contributed by atoms with Gasteiger partial charge in [0.05, 0.1) is 25.6 Å². The SMILES string of the molecule is O=C(N[C@H](CC(=O)N1CCOCC1)C(=O)N[C@@H](CCCC1=CC=CCC1)B(O)O)C1CCCCO1. The van der Waals surface area contributed by atoms with Crippen LogP contribution in [0.5, 0.6) is 0 Å². The Kier molecular flexibility index (Phi) is 11.2. The van der Waals surface area contributed by atoms with Crippen molar-refractivity contribution in [2.75, 3.05) is 32.9 Å². The lowest BCUT2D eigenvalue weighted by atomic mass is 9.76. The summed E-state index contributed by atoms with van der Waals surface area (Å²) in [7, 11) is -1.76. The molecule has 2 aliphatic heterocycles. The first kappa shape index (κ1) is 27.4. The number of hydrogen-bond donors (Lipinski definition) is 4. The van der Waals surface area contributed by atoms with Gasteiger partial charge in [0.2, 0.25) is 17.7 Å². The van der Waals surface area contributed by atoms with E-state index in [1.54, 1.807) is 4.90 Å². The van der Waals surface area contributed by atoms with Crippen molar-refractivity contribution >= 4 is 24.8 Å². The molecule has 10 nitrogen and oxygen atoms in total. The van der Waals surface area contributed by atoms with E-state index in [1.807, 2.05) is 6.08 Å². The highest BCUT2D eigenvalue weighted by atomic mass is 16.5. The molecule has 0 aromatic carbocycles. The van der Waals surface area contributed by atoms with Crippen LogP contribution in [0.3, 0.4) is 0 Å². The Labute approximate surface area is 207 Å².